The van der Waals surface area contributed by atoms with Crippen LogP contribution in [0.2, 0.25) is 0 Å². The van der Waals surface area contributed by atoms with E-state index in [0.717, 1.165) is 11.6 Å². The Morgan fingerprint density at radius 1 is 1.12 bits per heavy atom. The number of aromatic nitrogens is 3. The number of hydrogen-bond donors (Lipinski definition) is 0. The lowest BCUT2D eigenvalue weighted by atomic mass is 10.1. The molecule has 6 nitrogen and oxygen atoms in total. The number of rotatable bonds is 5. The van der Waals surface area contributed by atoms with E-state index in [4.69, 9.17) is 4.74 Å². The second-order valence-electron chi connectivity index (χ2n) is 5.41. The fourth-order valence-corrected chi connectivity index (χ4v) is 2.48. The normalized spacial score (nSPS) is 10.6. The zero-order valence-electron chi connectivity index (χ0n) is 14.1. The largest absolute Gasteiger partial charge is 0.496 e. The first-order valence-corrected chi connectivity index (χ1v) is 7.63. The van der Waals surface area contributed by atoms with Crippen molar-refractivity contribution in [3.63, 3.8) is 0 Å². The minimum Gasteiger partial charge on any atom is -0.496 e. The number of methoxy groups -OCH3 is 2. The van der Waals surface area contributed by atoms with E-state index < -0.39 is 17.6 Å². The predicted octanol–water partition coefficient (Wildman–Crippen LogP) is 3.07. The van der Waals surface area contributed by atoms with Crippen molar-refractivity contribution < 1.29 is 23.0 Å². The average Bonchev–Trinajstić information content (AvgIpc) is 3.14. The maximum Gasteiger partial charge on any atom is 0.337 e. The molecule has 0 amide bonds. The zero-order valence-corrected chi connectivity index (χ0v) is 14.1. The van der Waals surface area contributed by atoms with Crippen molar-refractivity contribution in [2.24, 2.45) is 0 Å². The van der Waals surface area contributed by atoms with Gasteiger partial charge in [-0.05, 0) is 24.3 Å². The third-order valence-corrected chi connectivity index (χ3v) is 3.83. The summed E-state index contributed by atoms with van der Waals surface area (Å²) in [6.07, 6.45) is 1.59. The van der Waals surface area contributed by atoms with Gasteiger partial charge in [0.2, 0.25) is 0 Å². The average molecular weight is 359 g/mol. The maximum atomic E-state index is 14.1. The molecule has 1 aromatic heterocycles. The maximum absolute atomic E-state index is 14.1. The molecule has 0 bridgehead atoms. The fourth-order valence-electron chi connectivity index (χ4n) is 2.48. The molecule has 0 N–H and O–H groups in total. The highest BCUT2D eigenvalue weighted by molar-refractivity contribution is 5.89. The molecule has 134 valence electrons. The lowest BCUT2D eigenvalue weighted by Crippen LogP contribution is -2.06. The molecule has 0 fully saturated rings. The van der Waals surface area contributed by atoms with Crippen LogP contribution in [0.4, 0.5) is 8.78 Å². The molecule has 0 spiro atoms. The van der Waals surface area contributed by atoms with E-state index >= 15 is 0 Å². The van der Waals surface area contributed by atoms with Gasteiger partial charge < -0.3 is 9.47 Å². The Morgan fingerprint density at radius 3 is 2.50 bits per heavy atom. The highest BCUT2D eigenvalue weighted by atomic mass is 19.2. The third-order valence-electron chi connectivity index (χ3n) is 3.83. The fraction of sp³-hybridized carbons (Fsp3) is 0.167. The van der Waals surface area contributed by atoms with Gasteiger partial charge in [-0.15, -0.1) is 5.10 Å². The van der Waals surface area contributed by atoms with E-state index in [0.29, 0.717) is 11.3 Å². The Balaban J connectivity index is 1.85. The Morgan fingerprint density at radius 2 is 1.85 bits per heavy atom. The van der Waals surface area contributed by atoms with Crippen LogP contribution >= 0.6 is 0 Å². The number of halogens is 2. The predicted molar refractivity (Wildman–Crippen MR) is 88.8 cm³/mol. The summed E-state index contributed by atoms with van der Waals surface area (Å²) in [5, 5.41) is 7.96. The summed E-state index contributed by atoms with van der Waals surface area (Å²) < 4.78 is 38.6. The summed E-state index contributed by atoms with van der Waals surface area (Å²) >= 11 is 0. The molecular formula is C18H15F2N3O3. The SMILES string of the molecule is COC(=O)c1ccc(-c2cn(Cc3c(OC)ccc(F)c3F)nn2)cc1. The van der Waals surface area contributed by atoms with Crippen LogP contribution in [-0.2, 0) is 11.3 Å². The first-order chi connectivity index (χ1) is 12.5. The number of carbonyl (C=O) groups excluding carboxylic acids is 1. The van der Waals surface area contributed by atoms with E-state index in [9.17, 15) is 13.6 Å². The zero-order chi connectivity index (χ0) is 18.7. The second kappa shape index (κ2) is 7.30. The Bertz CT molecular complexity index is 939. The van der Waals surface area contributed by atoms with E-state index in [-0.39, 0.29) is 17.9 Å². The number of carbonyl (C=O) groups is 1. The van der Waals surface area contributed by atoms with Crippen LogP contribution < -0.4 is 4.74 Å². The highest BCUT2D eigenvalue weighted by Gasteiger charge is 2.16. The molecular weight excluding hydrogens is 344 g/mol. The van der Waals surface area contributed by atoms with E-state index in [1.54, 1.807) is 30.5 Å². The molecule has 3 aromatic rings. The number of hydrogen-bond acceptors (Lipinski definition) is 5. The van der Waals surface area contributed by atoms with Crippen molar-refractivity contribution >= 4 is 5.97 Å². The van der Waals surface area contributed by atoms with Gasteiger partial charge >= 0.3 is 5.97 Å². The lowest BCUT2D eigenvalue weighted by Gasteiger charge is -2.09. The third kappa shape index (κ3) is 3.39. The van der Waals surface area contributed by atoms with Crippen molar-refractivity contribution in [2.45, 2.75) is 6.54 Å². The second-order valence-corrected chi connectivity index (χ2v) is 5.41. The Labute approximate surface area is 148 Å². The van der Waals surface area contributed by atoms with Crippen molar-refractivity contribution in [1.29, 1.82) is 0 Å². The van der Waals surface area contributed by atoms with E-state index in [2.05, 4.69) is 15.0 Å². The quantitative estimate of drug-likeness (QED) is 0.655. The minimum atomic E-state index is -0.983. The summed E-state index contributed by atoms with van der Waals surface area (Å²) in [6, 6.07) is 8.98. The van der Waals surface area contributed by atoms with Crippen molar-refractivity contribution in [3.8, 4) is 17.0 Å². The number of nitrogens with zero attached hydrogens (tertiary/aromatic N) is 3. The van der Waals surface area contributed by atoms with Crippen molar-refractivity contribution in [3.05, 3.63) is 65.4 Å². The molecule has 3 rings (SSSR count). The van der Waals surface area contributed by atoms with Crippen molar-refractivity contribution in [2.75, 3.05) is 14.2 Å². The molecule has 0 aliphatic carbocycles. The van der Waals surface area contributed by atoms with Crippen LogP contribution in [0.1, 0.15) is 15.9 Å². The molecule has 0 aliphatic heterocycles. The van der Waals surface area contributed by atoms with E-state index in [1.165, 1.54) is 25.0 Å². The molecule has 1 heterocycles. The molecule has 0 saturated heterocycles. The Kier molecular flexibility index (Phi) is 4.92. The van der Waals surface area contributed by atoms with Gasteiger partial charge in [0.25, 0.3) is 0 Å². The van der Waals surface area contributed by atoms with Crippen LogP contribution in [0.5, 0.6) is 5.75 Å². The smallest absolute Gasteiger partial charge is 0.337 e. The highest BCUT2D eigenvalue weighted by Crippen LogP contribution is 2.25. The van der Waals surface area contributed by atoms with Crippen LogP contribution in [0.15, 0.2) is 42.6 Å². The molecule has 0 saturated carbocycles. The van der Waals surface area contributed by atoms with Gasteiger partial charge in [0.15, 0.2) is 11.6 Å². The van der Waals surface area contributed by atoms with Crippen molar-refractivity contribution in [1.82, 2.24) is 15.0 Å². The monoisotopic (exact) mass is 359 g/mol. The first kappa shape index (κ1) is 17.5. The van der Waals surface area contributed by atoms with Crippen LogP contribution in [-0.4, -0.2) is 35.2 Å². The molecule has 0 radical (unpaired) electrons. The van der Waals surface area contributed by atoms with Crippen LogP contribution in [0.3, 0.4) is 0 Å². The topological polar surface area (TPSA) is 66.2 Å². The summed E-state index contributed by atoms with van der Waals surface area (Å²) in [5.41, 5.74) is 1.70. The minimum absolute atomic E-state index is 0.0417. The van der Waals surface area contributed by atoms with Gasteiger partial charge in [-0.3, -0.25) is 0 Å². The number of esters is 1. The van der Waals surface area contributed by atoms with E-state index in [1.807, 2.05) is 0 Å². The van der Waals surface area contributed by atoms with Gasteiger partial charge in [0.05, 0.1) is 38.1 Å². The standard InChI is InChI=1S/C18H15F2N3O3/c1-25-16-8-7-14(19)17(20)13(16)9-23-10-15(21-22-23)11-3-5-12(6-4-11)18(24)26-2/h3-8,10H,9H2,1-2H3. The lowest BCUT2D eigenvalue weighted by molar-refractivity contribution is 0.0600. The van der Waals surface area contributed by atoms with Crippen LogP contribution in [0, 0.1) is 11.6 Å². The van der Waals surface area contributed by atoms with Gasteiger partial charge in [0, 0.05) is 5.56 Å². The van der Waals surface area contributed by atoms with Crippen LogP contribution in [0.25, 0.3) is 11.3 Å². The molecule has 0 aliphatic rings. The first-order valence-electron chi connectivity index (χ1n) is 7.63. The summed E-state index contributed by atoms with van der Waals surface area (Å²) in [5.74, 6) is -2.15. The Hall–Kier alpha value is -3.29. The van der Waals surface area contributed by atoms with Gasteiger partial charge in [-0.25, -0.2) is 18.3 Å². The van der Waals surface area contributed by atoms with Gasteiger partial charge in [0.1, 0.15) is 11.4 Å². The van der Waals surface area contributed by atoms with Gasteiger partial charge in [-0.1, -0.05) is 17.3 Å². The van der Waals surface area contributed by atoms with Gasteiger partial charge in [-0.2, -0.15) is 0 Å². The summed E-state index contributed by atoms with van der Waals surface area (Å²) in [4.78, 5) is 11.5. The molecule has 8 heteroatoms. The molecule has 2 aromatic carbocycles. The number of ether oxygens (including phenoxy) is 2. The molecule has 0 unspecified atom stereocenters. The molecule has 26 heavy (non-hydrogen) atoms. The molecule has 0 atom stereocenters. The summed E-state index contributed by atoms with van der Waals surface area (Å²) in [7, 11) is 2.69. The number of benzene rings is 2. The summed E-state index contributed by atoms with van der Waals surface area (Å²) in [6.45, 7) is -0.0417.